The third kappa shape index (κ3) is 3.76. The van der Waals surface area contributed by atoms with Crippen molar-refractivity contribution in [1.82, 2.24) is 9.80 Å². The van der Waals surface area contributed by atoms with Gasteiger partial charge in [0.05, 0.1) is 5.92 Å². The molecule has 5 nitrogen and oxygen atoms in total. The van der Waals surface area contributed by atoms with Crippen molar-refractivity contribution in [3.05, 3.63) is 0 Å². The number of aliphatic hydroxyl groups is 1. The van der Waals surface area contributed by atoms with E-state index >= 15 is 0 Å². The highest BCUT2D eigenvalue weighted by atomic mass is 16.3. The van der Waals surface area contributed by atoms with Crippen LogP contribution >= 0.6 is 0 Å². The van der Waals surface area contributed by atoms with E-state index in [-0.39, 0.29) is 35.7 Å². The van der Waals surface area contributed by atoms with Crippen molar-refractivity contribution >= 4 is 11.8 Å². The summed E-state index contributed by atoms with van der Waals surface area (Å²) in [5.74, 6) is 0.458. The molecule has 0 aromatic rings. The van der Waals surface area contributed by atoms with Crippen LogP contribution < -0.4 is 0 Å². The number of amides is 2. The van der Waals surface area contributed by atoms with Gasteiger partial charge in [0.15, 0.2) is 0 Å². The Balaban J connectivity index is 1.95. The standard InChI is InChI=1S/C16H28N2O3/c1-16(2,3)15(21)18-7-4-5-13(10-18)14(20)17-8-6-12(9-17)11-19/h12-13,19H,4-11H2,1-3H3. The molecule has 0 bridgehead atoms. The van der Waals surface area contributed by atoms with E-state index in [1.807, 2.05) is 30.6 Å². The Morgan fingerprint density at radius 2 is 1.81 bits per heavy atom. The number of carbonyl (C=O) groups excluding carboxylic acids is 2. The fourth-order valence-electron chi connectivity index (χ4n) is 3.28. The minimum Gasteiger partial charge on any atom is -0.396 e. The number of hydrogen-bond acceptors (Lipinski definition) is 3. The first kappa shape index (κ1) is 16.3. The molecule has 0 aliphatic carbocycles. The SMILES string of the molecule is CC(C)(C)C(=O)N1CCCC(C(=O)N2CCC(CO)C2)C1. The van der Waals surface area contributed by atoms with Crippen LogP contribution in [0.5, 0.6) is 0 Å². The van der Waals surface area contributed by atoms with Crippen LogP contribution in [0.4, 0.5) is 0 Å². The molecule has 2 unspecified atom stereocenters. The van der Waals surface area contributed by atoms with Gasteiger partial charge in [-0.2, -0.15) is 0 Å². The molecule has 0 spiro atoms. The lowest BCUT2D eigenvalue weighted by Gasteiger charge is -2.37. The highest BCUT2D eigenvalue weighted by Gasteiger charge is 2.36. The molecule has 2 saturated heterocycles. The lowest BCUT2D eigenvalue weighted by molar-refractivity contribution is -0.145. The van der Waals surface area contributed by atoms with Crippen molar-refractivity contribution in [3.63, 3.8) is 0 Å². The quantitative estimate of drug-likeness (QED) is 0.830. The molecule has 2 aliphatic rings. The Labute approximate surface area is 127 Å². The molecule has 1 N–H and O–H groups in total. The monoisotopic (exact) mass is 296 g/mol. The number of hydrogen-bond donors (Lipinski definition) is 1. The first-order valence-corrected chi connectivity index (χ1v) is 8.02. The second kappa shape index (κ2) is 6.34. The van der Waals surface area contributed by atoms with E-state index in [2.05, 4.69) is 0 Å². The van der Waals surface area contributed by atoms with E-state index in [0.717, 1.165) is 32.4 Å². The highest BCUT2D eigenvalue weighted by Crippen LogP contribution is 2.26. The van der Waals surface area contributed by atoms with E-state index < -0.39 is 0 Å². The Hall–Kier alpha value is -1.10. The van der Waals surface area contributed by atoms with Crippen molar-refractivity contribution in [1.29, 1.82) is 0 Å². The Bertz CT molecular complexity index is 403. The molecule has 2 aliphatic heterocycles. The van der Waals surface area contributed by atoms with Crippen LogP contribution in [0, 0.1) is 17.3 Å². The van der Waals surface area contributed by atoms with Crippen molar-refractivity contribution in [2.24, 2.45) is 17.3 Å². The zero-order valence-corrected chi connectivity index (χ0v) is 13.5. The zero-order chi connectivity index (χ0) is 15.6. The van der Waals surface area contributed by atoms with Crippen LogP contribution in [0.25, 0.3) is 0 Å². The van der Waals surface area contributed by atoms with Gasteiger partial charge in [-0.15, -0.1) is 0 Å². The fourth-order valence-corrected chi connectivity index (χ4v) is 3.28. The Morgan fingerprint density at radius 3 is 2.38 bits per heavy atom. The van der Waals surface area contributed by atoms with Crippen LogP contribution in [-0.2, 0) is 9.59 Å². The molecule has 2 heterocycles. The molecular weight excluding hydrogens is 268 g/mol. The van der Waals surface area contributed by atoms with Crippen LogP contribution in [-0.4, -0.2) is 59.5 Å². The lowest BCUT2D eigenvalue weighted by atomic mass is 9.90. The number of likely N-dealkylation sites (tertiary alicyclic amines) is 2. The predicted molar refractivity (Wildman–Crippen MR) is 80.5 cm³/mol. The molecule has 120 valence electrons. The van der Waals surface area contributed by atoms with Gasteiger partial charge in [0.2, 0.25) is 11.8 Å². The molecule has 0 aromatic heterocycles. The second-order valence-corrected chi connectivity index (χ2v) is 7.46. The third-order valence-electron chi connectivity index (χ3n) is 4.56. The van der Waals surface area contributed by atoms with E-state index in [0.29, 0.717) is 13.1 Å². The summed E-state index contributed by atoms with van der Waals surface area (Å²) in [5.41, 5.74) is -0.388. The van der Waals surface area contributed by atoms with E-state index in [4.69, 9.17) is 0 Å². The van der Waals surface area contributed by atoms with E-state index in [1.54, 1.807) is 0 Å². The van der Waals surface area contributed by atoms with Crippen molar-refractivity contribution < 1.29 is 14.7 Å². The molecule has 2 amide bonds. The van der Waals surface area contributed by atoms with Gasteiger partial charge >= 0.3 is 0 Å². The smallest absolute Gasteiger partial charge is 0.227 e. The molecule has 0 radical (unpaired) electrons. The number of nitrogens with zero attached hydrogens (tertiary/aromatic N) is 2. The van der Waals surface area contributed by atoms with Gasteiger partial charge < -0.3 is 14.9 Å². The predicted octanol–water partition coefficient (Wildman–Crippen LogP) is 1.11. The summed E-state index contributed by atoms with van der Waals surface area (Å²) >= 11 is 0. The topological polar surface area (TPSA) is 60.9 Å². The molecule has 21 heavy (non-hydrogen) atoms. The number of aliphatic hydroxyl groups excluding tert-OH is 1. The largest absolute Gasteiger partial charge is 0.396 e. The molecule has 2 atom stereocenters. The van der Waals surface area contributed by atoms with Gasteiger partial charge in [0.1, 0.15) is 0 Å². The van der Waals surface area contributed by atoms with Gasteiger partial charge in [-0.1, -0.05) is 20.8 Å². The van der Waals surface area contributed by atoms with Gasteiger partial charge in [-0.3, -0.25) is 9.59 Å². The first-order chi connectivity index (χ1) is 9.82. The molecule has 5 heteroatoms. The van der Waals surface area contributed by atoms with Crippen molar-refractivity contribution in [3.8, 4) is 0 Å². The van der Waals surface area contributed by atoms with Crippen LogP contribution in [0.15, 0.2) is 0 Å². The normalized spacial score (nSPS) is 27.0. The van der Waals surface area contributed by atoms with E-state index in [1.165, 1.54) is 0 Å². The molecule has 2 rings (SSSR count). The first-order valence-electron chi connectivity index (χ1n) is 8.02. The maximum absolute atomic E-state index is 12.6. The van der Waals surface area contributed by atoms with Crippen LogP contribution in [0.3, 0.4) is 0 Å². The summed E-state index contributed by atoms with van der Waals surface area (Å²) in [6.07, 6.45) is 2.65. The van der Waals surface area contributed by atoms with Gasteiger partial charge in [0.25, 0.3) is 0 Å². The van der Waals surface area contributed by atoms with Crippen LogP contribution in [0.1, 0.15) is 40.0 Å². The van der Waals surface area contributed by atoms with Gasteiger partial charge in [0, 0.05) is 44.1 Å². The third-order valence-corrected chi connectivity index (χ3v) is 4.56. The molecular formula is C16H28N2O3. The number of carbonyl (C=O) groups is 2. The summed E-state index contributed by atoms with van der Waals surface area (Å²) in [6, 6.07) is 0. The molecule has 0 aromatic carbocycles. The average molecular weight is 296 g/mol. The minimum absolute atomic E-state index is 0.0671. The zero-order valence-electron chi connectivity index (χ0n) is 13.5. The Kier molecular flexibility index (Phi) is 4.91. The van der Waals surface area contributed by atoms with Gasteiger partial charge in [-0.25, -0.2) is 0 Å². The van der Waals surface area contributed by atoms with Crippen molar-refractivity contribution in [2.45, 2.75) is 40.0 Å². The maximum atomic E-state index is 12.6. The van der Waals surface area contributed by atoms with E-state index in [9.17, 15) is 14.7 Å². The highest BCUT2D eigenvalue weighted by molar-refractivity contribution is 5.84. The van der Waals surface area contributed by atoms with Crippen molar-refractivity contribution in [2.75, 3.05) is 32.8 Å². The summed E-state index contributed by atoms with van der Waals surface area (Å²) < 4.78 is 0. The number of rotatable bonds is 2. The summed E-state index contributed by atoms with van der Waals surface area (Å²) in [6.45, 7) is 8.65. The van der Waals surface area contributed by atoms with Crippen LogP contribution in [0.2, 0.25) is 0 Å². The summed E-state index contributed by atoms with van der Waals surface area (Å²) in [5, 5.41) is 9.19. The molecule has 2 fully saturated rings. The summed E-state index contributed by atoms with van der Waals surface area (Å²) in [7, 11) is 0. The number of piperidine rings is 1. The summed E-state index contributed by atoms with van der Waals surface area (Å²) in [4.78, 5) is 28.7. The lowest BCUT2D eigenvalue weighted by Crippen LogP contribution is -2.49. The van der Waals surface area contributed by atoms with Gasteiger partial charge in [-0.05, 0) is 19.3 Å². The fraction of sp³-hybridized carbons (Fsp3) is 0.875. The Morgan fingerprint density at radius 1 is 1.10 bits per heavy atom. The maximum Gasteiger partial charge on any atom is 0.227 e. The average Bonchev–Trinajstić information content (AvgIpc) is 2.93. The molecule has 0 saturated carbocycles. The minimum atomic E-state index is -0.388. The second-order valence-electron chi connectivity index (χ2n) is 7.46.